The van der Waals surface area contributed by atoms with Crippen LogP contribution in [0.4, 0.5) is 19.0 Å². The summed E-state index contributed by atoms with van der Waals surface area (Å²) in [5.41, 5.74) is -0.829. The monoisotopic (exact) mass is 293 g/mol. The van der Waals surface area contributed by atoms with Crippen molar-refractivity contribution in [3.05, 3.63) is 22.8 Å². The van der Waals surface area contributed by atoms with Gasteiger partial charge in [-0.1, -0.05) is 11.6 Å². The standard InChI is InChI=1S/C12H15ClF3N3/c13-10-5-9(12(14,15)16)7-19-11(10)18-6-8-1-3-17-4-2-8/h5,7-8,17H,1-4,6H2,(H,18,19). The summed E-state index contributed by atoms with van der Waals surface area (Å²) in [5.74, 6) is 0.814. The summed E-state index contributed by atoms with van der Waals surface area (Å²) in [7, 11) is 0. The van der Waals surface area contributed by atoms with Crippen molar-refractivity contribution in [2.75, 3.05) is 25.0 Å². The molecule has 0 saturated carbocycles. The summed E-state index contributed by atoms with van der Waals surface area (Å²) >= 11 is 5.82. The van der Waals surface area contributed by atoms with Crippen molar-refractivity contribution in [3.63, 3.8) is 0 Å². The van der Waals surface area contributed by atoms with E-state index in [1.54, 1.807) is 0 Å². The highest BCUT2D eigenvalue weighted by Gasteiger charge is 2.31. The summed E-state index contributed by atoms with van der Waals surface area (Å²) in [4.78, 5) is 3.75. The molecule has 0 aliphatic carbocycles. The molecule has 106 valence electrons. The minimum absolute atomic E-state index is 0.00348. The fourth-order valence-corrected chi connectivity index (χ4v) is 2.28. The summed E-state index contributed by atoms with van der Waals surface area (Å²) in [6, 6.07) is 0.902. The van der Waals surface area contributed by atoms with E-state index in [0.29, 0.717) is 18.3 Å². The van der Waals surface area contributed by atoms with Crippen molar-refractivity contribution in [1.29, 1.82) is 0 Å². The van der Waals surface area contributed by atoms with E-state index in [2.05, 4.69) is 15.6 Å². The Kier molecular flexibility index (Phi) is 4.52. The maximum absolute atomic E-state index is 12.5. The molecule has 0 aromatic carbocycles. The molecule has 7 heteroatoms. The number of pyridine rings is 1. The molecule has 19 heavy (non-hydrogen) atoms. The van der Waals surface area contributed by atoms with Crippen LogP contribution >= 0.6 is 11.6 Å². The molecule has 1 aromatic heterocycles. The lowest BCUT2D eigenvalue weighted by Crippen LogP contribution is -2.31. The first-order valence-electron chi connectivity index (χ1n) is 6.14. The first-order chi connectivity index (χ1) is 8.97. The van der Waals surface area contributed by atoms with E-state index in [-0.39, 0.29) is 5.02 Å². The predicted octanol–water partition coefficient (Wildman–Crippen LogP) is 3.17. The van der Waals surface area contributed by atoms with Gasteiger partial charge in [0.05, 0.1) is 10.6 Å². The Morgan fingerprint density at radius 3 is 2.63 bits per heavy atom. The molecule has 0 radical (unpaired) electrons. The number of piperidine rings is 1. The lowest BCUT2D eigenvalue weighted by atomic mass is 9.98. The lowest BCUT2D eigenvalue weighted by Gasteiger charge is -2.23. The van der Waals surface area contributed by atoms with Gasteiger partial charge in [-0.15, -0.1) is 0 Å². The molecular formula is C12H15ClF3N3. The molecule has 0 unspecified atom stereocenters. The van der Waals surface area contributed by atoms with E-state index < -0.39 is 11.7 Å². The highest BCUT2D eigenvalue weighted by atomic mass is 35.5. The van der Waals surface area contributed by atoms with Crippen molar-refractivity contribution in [1.82, 2.24) is 10.3 Å². The number of aromatic nitrogens is 1. The first kappa shape index (κ1) is 14.4. The van der Waals surface area contributed by atoms with Crippen LogP contribution in [0.1, 0.15) is 18.4 Å². The topological polar surface area (TPSA) is 37.0 Å². The zero-order valence-corrected chi connectivity index (χ0v) is 11.0. The molecule has 2 N–H and O–H groups in total. The Bertz CT molecular complexity index is 431. The van der Waals surface area contributed by atoms with Crippen LogP contribution in [0.2, 0.25) is 5.02 Å². The maximum Gasteiger partial charge on any atom is 0.417 e. The average molecular weight is 294 g/mol. The molecule has 0 amide bonds. The number of nitrogens with one attached hydrogen (secondary N) is 2. The Hall–Kier alpha value is -1.01. The largest absolute Gasteiger partial charge is 0.417 e. The molecule has 1 aromatic rings. The summed E-state index contributed by atoms with van der Waals surface area (Å²) in [6.45, 7) is 2.63. The second kappa shape index (κ2) is 5.96. The first-order valence-corrected chi connectivity index (χ1v) is 6.52. The van der Waals surface area contributed by atoms with Crippen molar-refractivity contribution in [3.8, 4) is 0 Å². The third-order valence-electron chi connectivity index (χ3n) is 3.19. The molecule has 2 heterocycles. The minimum atomic E-state index is -4.41. The van der Waals surface area contributed by atoms with Crippen molar-refractivity contribution in [2.45, 2.75) is 19.0 Å². The number of nitrogens with zero attached hydrogens (tertiary/aromatic N) is 1. The number of hydrogen-bond acceptors (Lipinski definition) is 3. The SMILES string of the molecule is FC(F)(F)c1cnc(NCC2CCNCC2)c(Cl)c1. The molecule has 1 saturated heterocycles. The third kappa shape index (κ3) is 3.98. The molecule has 1 aliphatic heterocycles. The van der Waals surface area contributed by atoms with Crippen LogP contribution in [0, 0.1) is 5.92 Å². The van der Waals surface area contributed by atoms with Gasteiger partial charge in [0, 0.05) is 12.7 Å². The fourth-order valence-electron chi connectivity index (χ4n) is 2.05. The summed E-state index contributed by atoms with van der Waals surface area (Å²) < 4.78 is 37.4. The van der Waals surface area contributed by atoms with Crippen LogP contribution in [0.3, 0.4) is 0 Å². The number of hydrogen-bond donors (Lipinski definition) is 2. The van der Waals surface area contributed by atoms with Crippen LogP contribution < -0.4 is 10.6 Å². The molecule has 1 fully saturated rings. The summed E-state index contributed by atoms with van der Waals surface area (Å²) in [5, 5.41) is 6.28. The van der Waals surface area contributed by atoms with Crippen LogP contribution in [-0.4, -0.2) is 24.6 Å². The van der Waals surface area contributed by atoms with Gasteiger partial charge in [-0.05, 0) is 37.9 Å². The van der Waals surface area contributed by atoms with Crippen molar-refractivity contribution in [2.24, 2.45) is 5.92 Å². The Morgan fingerprint density at radius 2 is 2.05 bits per heavy atom. The van der Waals surface area contributed by atoms with Gasteiger partial charge in [-0.25, -0.2) is 4.98 Å². The van der Waals surface area contributed by atoms with Crippen molar-refractivity contribution >= 4 is 17.4 Å². The van der Waals surface area contributed by atoms with Gasteiger partial charge in [0.2, 0.25) is 0 Å². The second-order valence-corrected chi connectivity index (χ2v) is 5.03. The molecular weight excluding hydrogens is 279 g/mol. The third-order valence-corrected chi connectivity index (χ3v) is 3.47. The second-order valence-electron chi connectivity index (χ2n) is 4.63. The van der Waals surface area contributed by atoms with Gasteiger partial charge in [-0.2, -0.15) is 13.2 Å². The van der Waals surface area contributed by atoms with E-state index in [1.807, 2.05) is 0 Å². The molecule has 2 rings (SSSR count). The smallest absolute Gasteiger partial charge is 0.369 e. The number of anilines is 1. The van der Waals surface area contributed by atoms with Crippen LogP contribution in [0.15, 0.2) is 12.3 Å². The highest BCUT2D eigenvalue weighted by molar-refractivity contribution is 6.32. The average Bonchev–Trinajstić information content (AvgIpc) is 2.37. The van der Waals surface area contributed by atoms with E-state index in [1.165, 1.54) is 0 Å². The summed E-state index contributed by atoms with van der Waals surface area (Å²) in [6.07, 6.45) is -1.52. The predicted molar refractivity (Wildman–Crippen MR) is 68.3 cm³/mol. The number of halogens is 4. The van der Waals surface area contributed by atoms with Gasteiger partial charge in [0.1, 0.15) is 5.82 Å². The zero-order valence-electron chi connectivity index (χ0n) is 10.2. The van der Waals surface area contributed by atoms with Gasteiger partial charge < -0.3 is 10.6 Å². The zero-order chi connectivity index (χ0) is 13.9. The van der Waals surface area contributed by atoms with E-state index >= 15 is 0 Å². The number of rotatable bonds is 3. The molecule has 0 atom stereocenters. The van der Waals surface area contributed by atoms with E-state index in [4.69, 9.17) is 11.6 Å². The van der Waals surface area contributed by atoms with Gasteiger partial charge in [-0.3, -0.25) is 0 Å². The molecule has 0 bridgehead atoms. The van der Waals surface area contributed by atoms with E-state index in [9.17, 15) is 13.2 Å². The number of alkyl halides is 3. The maximum atomic E-state index is 12.5. The molecule has 0 spiro atoms. The highest BCUT2D eigenvalue weighted by Crippen LogP contribution is 2.32. The van der Waals surface area contributed by atoms with Crippen LogP contribution in [-0.2, 0) is 6.18 Å². The lowest BCUT2D eigenvalue weighted by molar-refractivity contribution is -0.137. The Balaban J connectivity index is 1.97. The Labute approximate surface area is 114 Å². The van der Waals surface area contributed by atoms with Gasteiger partial charge in [0.15, 0.2) is 0 Å². The van der Waals surface area contributed by atoms with Gasteiger partial charge in [0.25, 0.3) is 0 Å². The normalized spacial score (nSPS) is 17.5. The van der Waals surface area contributed by atoms with E-state index in [0.717, 1.165) is 38.2 Å². The Morgan fingerprint density at radius 1 is 1.37 bits per heavy atom. The fraction of sp³-hybridized carbons (Fsp3) is 0.583. The quantitative estimate of drug-likeness (QED) is 0.899. The minimum Gasteiger partial charge on any atom is -0.369 e. The molecule has 3 nitrogen and oxygen atoms in total. The van der Waals surface area contributed by atoms with Crippen LogP contribution in [0.5, 0.6) is 0 Å². The van der Waals surface area contributed by atoms with Crippen molar-refractivity contribution < 1.29 is 13.2 Å². The molecule has 1 aliphatic rings. The van der Waals surface area contributed by atoms with Crippen LogP contribution in [0.25, 0.3) is 0 Å². The van der Waals surface area contributed by atoms with Gasteiger partial charge >= 0.3 is 6.18 Å².